The summed E-state index contributed by atoms with van der Waals surface area (Å²) in [6, 6.07) is 16.2. The van der Waals surface area contributed by atoms with Gasteiger partial charge in [-0.25, -0.2) is 9.97 Å². The van der Waals surface area contributed by atoms with Crippen LogP contribution < -0.4 is 5.73 Å². The molecule has 116 valence electrons. The highest BCUT2D eigenvalue weighted by Crippen LogP contribution is 2.40. The van der Waals surface area contributed by atoms with Crippen molar-refractivity contribution < 1.29 is 0 Å². The van der Waals surface area contributed by atoms with Crippen LogP contribution in [-0.2, 0) is 0 Å². The van der Waals surface area contributed by atoms with Crippen molar-refractivity contribution in [2.24, 2.45) is 0 Å². The maximum absolute atomic E-state index is 6.37. The SMILES string of the molecule is Nc1c(-c2nc3ccccc3[nH]2)sc2nc(-c3cccs3)ccc12. The molecule has 0 aliphatic rings. The number of aromatic nitrogens is 3. The molecule has 4 nitrogen and oxygen atoms in total. The van der Waals surface area contributed by atoms with Crippen LogP contribution in [0.1, 0.15) is 0 Å². The lowest BCUT2D eigenvalue weighted by molar-refractivity contribution is 1.36. The highest BCUT2D eigenvalue weighted by atomic mass is 32.1. The first-order valence-corrected chi connectivity index (χ1v) is 9.17. The molecule has 4 aromatic heterocycles. The Kier molecular flexibility index (Phi) is 2.95. The first kappa shape index (κ1) is 13.7. The highest BCUT2D eigenvalue weighted by molar-refractivity contribution is 7.22. The molecule has 0 unspecified atom stereocenters. The van der Waals surface area contributed by atoms with E-state index < -0.39 is 0 Å². The number of anilines is 1. The van der Waals surface area contributed by atoms with E-state index in [0.29, 0.717) is 0 Å². The van der Waals surface area contributed by atoms with Gasteiger partial charge in [-0.05, 0) is 35.7 Å². The van der Waals surface area contributed by atoms with Crippen molar-refractivity contribution in [3.05, 3.63) is 53.9 Å². The average Bonchev–Trinajstić information content (AvgIpc) is 3.33. The lowest BCUT2D eigenvalue weighted by Crippen LogP contribution is -1.87. The second-order valence-electron chi connectivity index (χ2n) is 5.47. The maximum atomic E-state index is 6.37. The average molecular weight is 348 g/mol. The maximum Gasteiger partial charge on any atom is 0.150 e. The van der Waals surface area contributed by atoms with Gasteiger partial charge in [0.15, 0.2) is 5.82 Å². The number of hydrogen-bond donors (Lipinski definition) is 2. The normalized spacial score (nSPS) is 11.5. The number of hydrogen-bond acceptors (Lipinski definition) is 5. The molecular formula is C18H12N4S2. The zero-order valence-electron chi connectivity index (χ0n) is 12.5. The molecule has 3 N–H and O–H groups in total. The Balaban J connectivity index is 1.70. The molecule has 0 bridgehead atoms. The molecule has 0 saturated carbocycles. The van der Waals surface area contributed by atoms with Gasteiger partial charge in [0.2, 0.25) is 0 Å². The van der Waals surface area contributed by atoms with Gasteiger partial charge >= 0.3 is 0 Å². The quantitative estimate of drug-likeness (QED) is 0.463. The summed E-state index contributed by atoms with van der Waals surface area (Å²) in [5.74, 6) is 0.800. The minimum Gasteiger partial charge on any atom is -0.397 e. The topological polar surface area (TPSA) is 67.6 Å². The van der Waals surface area contributed by atoms with Crippen LogP contribution in [0.2, 0.25) is 0 Å². The number of nitrogens with one attached hydrogen (secondary N) is 1. The van der Waals surface area contributed by atoms with Crippen molar-refractivity contribution in [3.63, 3.8) is 0 Å². The van der Waals surface area contributed by atoms with Crippen molar-refractivity contribution in [2.75, 3.05) is 5.73 Å². The number of H-pyrrole nitrogens is 1. The summed E-state index contributed by atoms with van der Waals surface area (Å²) in [6.07, 6.45) is 0. The van der Waals surface area contributed by atoms with E-state index in [0.717, 1.165) is 48.2 Å². The van der Waals surface area contributed by atoms with E-state index in [9.17, 15) is 0 Å². The van der Waals surface area contributed by atoms with Crippen LogP contribution in [0, 0.1) is 0 Å². The Morgan fingerprint density at radius 3 is 2.71 bits per heavy atom. The Bertz CT molecular complexity index is 1140. The van der Waals surface area contributed by atoms with E-state index in [1.807, 2.05) is 36.4 Å². The second-order valence-corrected chi connectivity index (χ2v) is 7.42. The van der Waals surface area contributed by atoms with E-state index in [1.54, 1.807) is 22.7 Å². The third kappa shape index (κ3) is 2.04. The summed E-state index contributed by atoms with van der Waals surface area (Å²) in [4.78, 5) is 15.8. The van der Waals surface area contributed by atoms with Gasteiger partial charge in [-0.15, -0.1) is 22.7 Å². The highest BCUT2D eigenvalue weighted by Gasteiger charge is 2.16. The monoisotopic (exact) mass is 348 g/mol. The first-order valence-electron chi connectivity index (χ1n) is 7.47. The summed E-state index contributed by atoms with van der Waals surface area (Å²) in [5, 5.41) is 3.04. The van der Waals surface area contributed by atoms with E-state index >= 15 is 0 Å². The molecule has 1 aromatic carbocycles. The number of nitrogen functional groups attached to an aromatic ring is 1. The smallest absolute Gasteiger partial charge is 0.150 e. The molecule has 5 aromatic rings. The minimum absolute atomic E-state index is 0.735. The molecule has 0 fully saturated rings. The van der Waals surface area contributed by atoms with Crippen LogP contribution in [-0.4, -0.2) is 15.0 Å². The number of nitrogens with two attached hydrogens (primary N) is 1. The number of benzene rings is 1. The predicted molar refractivity (Wildman–Crippen MR) is 102 cm³/mol. The summed E-state index contributed by atoms with van der Waals surface area (Å²) in [7, 11) is 0. The first-order chi connectivity index (χ1) is 11.8. The fourth-order valence-corrected chi connectivity index (χ4v) is 4.53. The number of para-hydroxylation sites is 2. The lowest BCUT2D eigenvalue weighted by Gasteiger charge is -1.97. The van der Waals surface area contributed by atoms with Gasteiger partial charge < -0.3 is 10.7 Å². The van der Waals surface area contributed by atoms with E-state index in [1.165, 1.54) is 0 Å². The van der Waals surface area contributed by atoms with Gasteiger partial charge in [0.25, 0.3) is 0 Å². The van der Waals surface area contributed by atoms with E-state index in [4.69, 9.17) is 10.7 Å². The van der Waals surface area contributed by atoms with Gasteiger partial charge in [-0.1, -0.05) is 18.2 Å². The molecule has 0 atom stereocenters. The Hall–Kier alpha value is -2.70. The van der Waals surface area contributed by atoms with Crippen LogP contribution in [0.4, 0.5) is 5.69 Å². The van der Waals surface area contributed by atoms with Crippen molar-refractivity contribution >= 4 is 49.6 Å². The summed E-state index contributed by atoms with van der Waals surface area (Å²) >= 11 is 3.27. The predicted octanol–water partition coefficient (Wildman–Crippen LogP) is 5.15. The zero-order chi connectivity index (χ0) is 16.1. The number of fused-ring (bicyclic) bond motifs is 2. The molecule has 0 saturated heterocycles. The van der Waals surface area contributed by atoms with Crippen LogP contribution in [0.25, 0.3) is 42.5 Å². The zero-order valence-corrected chi connectivity index (χ0v) is 14.1. The standard InChI is InChI=1S/C18H12N4S2/c19-15-10-7-8-13(14-6-3-9-23-14)22-18(10)24-16(15)17-20-11-4-1-2-5-12(11)21-17/h1-9H,19H2,(H,20,21). The molecule has 0 radical (unpaired) electrons. The fraction of sp³-hybridized carbons (Fsp3) is 0. The van der Waals surface area contributed by atoms with E-state index in [-0.39, 0.29) is 0 Å². The molecule has 0 spiro atoms. The largest absolute Gasteiger partial charge is 0.397 e. The van der Waals surface area contributed by atoms with Crippen LogP contribution >= 0.6 is 22.7 Å². The third-order valence-electron chi connectivity index (χ3n) is 3.97. The van der Waals surface area contributed by atoms with E-state index in [2.05, 4.69) is 27.5 Å². The molecule has 0 amide bonds. The number of aromatic amines is 1. The van der Waals surface area contributed by atoms with Crippen molar-refractivity contribution in [2.45, 2.75) is 0 Å². The number of thiophene rings is 2. The lowest BCUT2D eigenvalue weighted by atomic mass is 10.2. The molecule has 0 aliphatic heterocycles. The molecule has 5 rings (SSSR count). The summed E-state index contributed by atoms with van der Waals surface area (Å²) in [6.45, 7) is 0. The number of imidazole rings is 1. The van der Waals surface area contributed by atoms with Crippen molar-refractivity contribution in [3.8, 4) is 21.3 Å². The van der Waals surface area contributed by atoms with Crippen LogP contribution in [0.5, 0.6) is 0 Å². The molecule has 24 heavy (non-hydrogen) atoms. The number of rotatable bonds is 2. The van der Waals surface area contributed by atoms with Crippen molar-refractivity contribution in [1.29, 1.82) is 0 Å². The van der Waals surface area contributed by atoms with Gasteiger partial charge in [0, 0.05) is 5.39 Å². The molecule has 6 heteroatoms. The summed E-state index contributed by atoms with van der Waals surface area (Å²) in [5.41, 5.74) is 10.0. The Morgan fingerprint density at radius 2 is 1.88 bits per heavy atom. The minimum atomic E-state index is 0.735. The van der Waals surface area contributed by atoms with Crippen molar-refractivity contribution in [1.82, 2.24) is 15.0 Å². The Morgan fingerprint density at radius 1 is 0.958 bits per heavy atom. The van der Waals surface area contributed by atoms with Gasteiger partial charge in [-0.2, -0.15) is 0 Å². The van der Waals surface area contributed by atoms with Crippen LogP contribution in [0.3, 0.4) is 0 Å². The van der Waals surface area contributed by atoms with Gasteiger partial charge in [0.1, 0.15) is 4.83 Å². The van der Waals surface area contributed by atoms with Crippen LogP contribution in [0.15, 0.2) is 53.9 Å². The third-order valence-corrected chi connectivity index (χ3v) is 5.99. The molecular weight excluding hydrogens is 336 g/mol. The molecule has 4 heterocycles. The number of nitrogens with zero attached hydrogens (tertiary/aromatic N) is 2. The summed E-state index contributed by atoms with van der Waals surface area (Å²) < 4.78 is 0. The fourth-order valence-electron chi connectivity index (χ4n) is 2.79. The number of pyridine rings is 1. The second kappa shape index (κ2) is 5.15. The van der Waals surface area contributed by atoms with Gasteiger partial charge in [0.05, 0.1) is 32.2 Å². The Labute approximate surface area is 145 Å². The molecule has 0 aliphatic carbocycles. The van der Waals surface area contributed by atoms with Gasteiger partial charge in [-0.3, -0.25) is 0 Å².